The number of fused-ring (bicyclic) bond motifs is 2. The van der Waals surface area contributed by atoms with Gasteiger partial charge in [-0.25, -0.2) is 18.2 Å². The summed E-state index contributed by atoms with van der Waals surface area (Å²) in [6.45, 7) is 0. The van der Waals surface area contributed by atoms with Crippen LogP contribution in [0, 0.1) is 0 Å². The number of aromatic amines is 1. The normalized spacial score (nSPS) is 10.3. The molecule has 44 heavy (non-hydrogen) atoms. The van der Waals surface area contributed by atoms with Crippen molar-refractivity contribution in [2.75, 3.05) is 17.2 Å². The maximum Gasteiger partial charge on any atom is 1.00 e. The molecule has 0 atom stereocenters. The number of aromatic nitrogens is 2. The Morgan fingerprint density at radius 3 is 1.95 bits per heavy atom. The van der Waals surface area contributed by atoms with E-state index < -0.39 is 21.8 Å². The summed E-state index contributed by atoms with van der Waals surface area (Å²) in [6, 6.07) is 28.1. The summed E-state index contributed by atoms with van der Waals surface area (Å²) < 4.78 is 32.9. The van der Waals surface area contributed by atoms with Gasteiger partial charge in [-0.2, -0.15) is 0 Å². The number of rotatable bonds is 3. The summed E-state index contributed by atoms with van der Waals surface area (Å²) in [5.41, 5.74) is 21.7. The second-order valence-electron chi connectivity index (χ2n) is 8.94. The monoisotopic (exact) mass is 629 g/mol. The minimum absolute atomic E-state index is 0. The standard InChI is InChI=1S/C13H12N4.C10H9NO3S.C7H6O3.2Na/c14-9-3-1-8(2-4-9)13-16-11-6-5-10(15)7-12(11)17-13;11-9-5-6-10(15(12,13)14)8-4-2-1-3-7(8)9;8-6-4-2-1-3-5(6)7(9)10;;/h1-7H,14-15H2,(H,16,17);1-6H,11H2,(H,12,13,14);1-4,8H,(H,9,10);;/q;;;2*+1/p-2. The first-order valence-electron chi connectivity index (χ1n) is 12.3. The number of benzene rings is 5. The van der Waals surface area contributed by atoms with Crippen molar-refractivity contribution in [1.29, 1.82) is 0 Å². The average molecular weight is 630 g/mol. The van der Waals surface area contributed by atoms with Gasteiger partial charge in [-0.05, 0) is 60.7 Å². The zero-order valence-electron chi connectivity index (χ0n) is 23.9. The maximum absolute atomic E-state index is 11.0. The predicted octanol–water partition coefficient (Wildman–Crippen LogP) is -1.81. The van der Waals surface area contributed by atoms with Crippen LogP contribution >= 0.6 is 0 Å². The molecule has 6 rings (SSSR count). The van der Waals surface area contributed by atoms with Gasteiger partial charge in [0.05, 0.1) is 21.5 Å². The Morgan fingerprint density at radius 2 is 1.36 bits per heavy atom. The second-order valence-corrected chi connectivity index (χ2v) is 10.3. The van der Waals surface area contributed by atoms with Crippen LogP contribution in [0.2, 0.25) is 0 Å². The van der Waals surface area contributed by atoms with E-state index in [0.717, 1.165) is 33.8 Å². The van der Waals surface area contributed by atoms with Gasteiger partial charge in [-0.1, -0.05) is 48.2 Å². The molecule has 0 amide bonds. The van der Waals surface area contributed by atoms with Crippen molar-refractivity contribution >= 4 is 55.0 Å². The number of H-pyrrole nitrogens is 1. The summed E-state index contributed by atoms with van der Waals surface area (Å²) in [6.07, 6.45) is 0. The topological polar surface area (TPSA) is 224 Å². The fourth-order valence-electron chi connectivity index (χ4n) is 3.96. The number of nitrogens with zero attached hydrogens (tertiary/aromatic N) is 1. The fraction of sp³-hybridized carbons (Fsp3) is 0. The molecular weight excluding hydrogens is 604 g/mol. The molecule has 8 N–H and O–H groups in total. The van der Waals surface area contributed by atoms with Crippen LogP contribution in [0.25, 0.3) is 33.2 Å². The van der Waals surface area contributed by atoms with E-state index in [0.29, 0.717) is 16.5 Å². The Bertz CT molecular complexity index is 2000. The summed E-state index contributed by atoms with van der Waals surface area (Å²) in [5.74, 6) is -0.800. The van der Waals surface area contributed by atoms with Crippen molar-refractivity contribution in [3.63, 3.8) is 0 Å². The van der Waals surface area contributed by atoms with Crippen LogP contribution in [0.4, 0.5) is 17.1 Å². The third kappa shape index (κ3) is 9.21. The molecule has 0 aliphatic carbocycles. The molecule has 14 heteroatoms. The number of nitrogen functional groups attached to an aromatic ring is 3. The van der Waals surface area contributed by atoms with E-state index in [-0.39, 0.29) is 69.6 Å². The first-order valence-corrected chi connectivity index (χ1v) is 13.7. The molecule has 11 nitrogen and oxygen atoms in total. The van der Waals surface area contributed by atoms with Crippen LogP contribution in [0.1, 0.15) is 10.4 Å². The summed E-state index contributed by atoms with van der Waals surface area (Å²) in [7, 11) is -4.45. The molecule has 1 aromatic heterocycles. The van der Waals surface area contributed by atoms with Crippen molar-refractivity contribution in [3.8, 4) is 17.1 Å². The predicted molar refractivity (Wildman–Crippen MR) is 160 cm³/mol. The molecule has 1 heterocycles. The number of hydrogen-bond acceptors (Lipinski definition) is 9. The average Bonchev–Trinajstić information content (AvgIpc) is 3.37. The molecule has 0 saturated heterocycles. The molecule has 0 aliphatic heterocycles. The molecule has 0 unspecified atom stereocenters. The maximum atomic E-state index is 11.0. The van der Waals surface area contributed by atoms with Crippen LogP contribution in [-0.4, -0.2) is 34.0 Å². The third-order valence-electron chi connectivity index (χ3n) is 5.99. The number of carbonyl (C=O) groups is 1. The Balaban J connectivity index is 0.000000232. The molecule has 0 fully saturated rings. The van der Waals surface area contributed by atoms with Crippen molar-refractivity contribution in [1.82, 2.24) is 9.97 Å². The van der Waals surface area contributed by atoms with Gasteiger partial charge in [0.15, 0.2) is 0 Å². The number of hydrogen-bond donors (Lipinski definition) is 5. The van der Waals surface area contributed by atoms with Gasteiger partial charge < -0.3 is 37.0 Å². The first-order chi connectivity index (χ1) is 19.9. The summed E-state index contributed by atoms with van der Waals surface area (Å²) in [5, 5.41) is 20.0. The van der Waals surface area contributed by atoms with E-state index in [4.69, 9.17) is 22.3 Å². The Hall–Kier alpha value is -3.59. The van der Waals surface area contributed by atoms with E-state index >= 15 is 0 Å². The van der Waals surface area contributed by atoms with Gasteiger partial charge in [-0.15, -0.1) is 0 Å². The van der Waals surface area contributed by atoms with E-state index in [2.05, 4.69) is 9.97 Å². The molecule has 0 radical (unpaired) electrons. The number of anilines is 3. The van der Waals surface area contributed by atoms with Gasteiger partial charge in [0.1, 0.15) is 15.9 Å². The summed E-state index contributed by atoms with van der Waals surface area (Å²) >= 11 is 0. The number of carboxylic acid groups (broad SMARTS) is 1. The van der Waals surface area contributed by atoms with Gasteiger partial charge in [0.2, 0.25) is 0 Å². The Labute approximate surface area is 297 Å². The molecule has 0 aliphatic rings. The van der Waals surface area contributed by atoms with Crippen LogP contribution in [0.5, 0.6) is 5.75 Å². The number of para-hydroxylation sites is 1. The van der Waals surface area contributed by atoms with E-state index in [1.54, 1.807) is 24.3 Å². The van der Waals surface area contributed by atoms with Crippen LogP contribution in [0.15, 0.2) is 108 Å². The number of imidazole rings is 1. The number of nitrogens with two attached hydrogens (primary N) is 3. The molecule has 0 spiro atoms. The minimum Gasteiger partial charge on any atom is -0.872 e. The van der Waals surface area contributed by atoms with Gasteiger partial charge >= 0.3 is 65.1 Å². The minimum atomic E-state index is -4.45. The van der Waals surface area contributed by atoms with E-state index in [9.17, 15) is 22.9 Å². The molecular formula is C30H25N5Na2O6S. The van der Waals surface area contributed by atoms with Gasteiger partial charge in [-0.3, -0.25) is 0 Å². The van der Waals surface area contributed by atoms with E-state index in [1.807, 2.05) is 42.5 Å². The first kappa shape index (κ1) is 36.6. The number of aromatic carboxylic acids is 1. The molecule has 0 bridgehead atoms. The quantitative estimate of drug-likeness (QED) is 0.0838. The SMILES string of the molecule is Nc1ccc(-c2nc3ccc(N)cc3[nH]2)cc1.Nc1ccc(S(=O)(=O)[O-])c2ccccc12.O=C(O)c1ccccc1[O-].[Na+].[Na+]. The molecule has 0 saturated carbocycles. The van der Waals surface area contributed by atoms with Crippen LogP contribution < -0.4 is 81.4 Å². The molecule has 214 valence electrons. The number of nitrogens with one attached hydrogen (secondary N) is 1. The zero-order chi connectivity index (χ0) is 30.4. The molecule has 6 aromatic rings. The fourth-order valence-corrected chi connectivity index (χ4v) is 4.64. The van der Waals surface area contributed by atoms with Gasteiger partial charge in [0.25, 0.3) is 0 Å². The van der Waals surface area contributed by atoms with Crippen molar-refractivity contribution in [2.45, 2.75) is 4.90 Å². The van der Waals surface area contributed by atoms with Crippen molar-refractivity contribution in [3.05, 3.63) is 109 Å². The van der Waals surface area contributed by atoms with Crippen LogP contribution in [-0.2, 0) is 10.1 Å². The second kappa shape index (κ2) is 15.9. The Kier molecular flexibility index (Phi) is 13.3. The van der Waals surface area contributed by atoms with Crippen molar-refractivity contribution < 1.29 is 87.1 Å². The smallest absolute Gasteiger partial charge is 0.872 e. The van der Waals surface area contributed by atoms with Crippen LogP contribution in [0.3, 0.4) is 0 Å². The summed E-state index contributed by atoms with van der Waals surface area (Å²) in [4.78, 5) is 17.7. The third-order valence-corrected chi connectivity index (χ3v) is 6.89. The van der Waals surface area contributed by atoms with E-state index in [1.165, 1.54) is 36.4 Å². The largest absolute Gasteiger partial charge is 1.00 e. The zero-order valence-corrected chi connectivity index (χ0v) is 28.7. The Morgan fingerprint density at radius 1 is 0.773 bits per heavy atom. The molecule has 5 aromatic carbocycles. The van der Waals surface area contributed by atoms with Gasteiger partial charge in [0, 0.05) is 33.4 Å². The van der Waals surface area contributed by atoms with Crippen molar-refractivity contribution in [2.24, 2.45) is 0 Å². The number of carboxylic acids is 1.